The van der Waals surface area contributed by atoms with Crippen molar-refractivity contribution >= 4 is 5.91 Å². The second-order valence-corrected chi connectivity index (χ2v) is 5.70. The second-order valence-electron chi connectivity index (χ2n) is 5.70. The zero-order valence-corrected chi connectivity index (χ0v) is 12.4. The molecular weight excluding hydrogens is 273 g/mol. The second kappa shape index (κ2) is 5.68. The van der Waals surface area contributed by atoms with Gasteiger partial charge in [-0.1, -0.05) is 0 Å². The highest BCUT2D eigenvalue weighted by molar-refractivity contribution is 5.82. The van der Waals surface area contributed by atoms with E-state index in [2.05, 4.69) is 4.98 Å². The summed E-state index contributed by atoms with van der Waals surface area (Å²) >= 11 is 0. The topological polar surface area (TPSA) is 66.2 Å². The maximum Gasteiger partial charge on any atom is 0.231 e. The molecule has 0 aliphatic carbocycles. The summed E-state index contributed by atoms with van der Waals surface area (Å²) in [5, 5.41) is 9.06. The summed E-state index contributed by atoms with van der Waals surface area (Å²) in [4.78, 5) is 18.1. The van der Waals surface area contributed by atoms with E-state index in [1.807, 2.05) is 6.07 Å². The zero-order chi connectivity index (χ0) is 15.6. The number of ether oxygens (including phenoxy) is 1. The van der Waals surface area contributed by atoms with E-state index in [4.69, 9.17) is 10.00 Å². The van der Waals surface area contributed by atoms with E-state index in [0.29, 0.717) is 23.4 Å². The molecule has 0 spiro atoms. The molecular formula is C15H18FN3O2. The molecule has 1 unspecified atom stereocenters. The third-order valence-electron chi connectivity index (χ3n) is 3.89. The van der Waals surface area contributed by atoms with Gasteiger partial charge in [0.25, 0.3) is 0 Å². The number of nitriles is 1. The molecule has 1 aliphatic rings. The molecule has 0 N–H and O–H groups in total. The molecule has 0 fully saturated rings. The van der Waals surface area contributed by atoms with Crippen LogP contribution in [0.1, 0.15) is 31.9 Å². The Bertz CT molecular complexity index is 593. The van der Waals surface area contributed by atoms with Crippen LogP contribution >= 0.6 is 0 Å². The summed E-state index contributed by atoms with van der Waals surface area (Å²) in [6, 6.07) is 2.02. The van der Waals surface area contributed by atoms with Crippen molar-refractivity contribution in [2.24, 2.45) is 5.41 Å². The lowest BCUT2D eigenvalue weighted by Gasteiger charge is -2.31. The van der Waals surface area contributed by atoms with Crippen LogP contribution in [0.5, 0.6) is 5.75 Å². The van der Waals surface area contributed by atoms with Crippen LogP contribution < -0.4 is 4.74 Å². The summed E-state index contributed by atoms with van der Waals surface area (Å²) in [6.07, 6.45) is 1.76. The van der Waals surface area contributed by atoms with E-state index in [1.165, 1.54) is 13.1 Å². The van der Waals surface area contributed by atoms with Crippen LogP contribution in [0.4, 0.5) is 4.39 Å². The Kier molecular flexibility index (Phi) is 4.12. The lowest BCUT2D eigenvalue weighted by Crippen LogP contribution is -2.45. The van der Waals surface area contributed by atoms with E-state index < -0.39 is 11.6 Å². The molecule has 112 valence electrons. The molecule has 2 heterocycles. The summed E-state index contributed by atoms with van der Waals surface area (Å²) in [5.41, 5.74) is -0.0766. The van der Waals surface area contributed by atoms with E-state index in [9.17, 15) is 9.18 Å². The van der Waals surface area contributed by atoms with Gasteiger partial charge in [-0.3, -0.25) is 9.78 Å². The zero-order valence-electron chi connectivity index (χ0n) is 12.4. The van der Waals surface area contributed by atoms with Crippen molar-refractivity contribution in [1.82, 2.24) is 9.88 Å². The van der Waals surface area contributed by atoms with Gasteiger partial charge in [0.1, 0.15) is 30.2 Å². The van der Waals surface area contributed by atoms with Crippen molar-refractivity contribution in [2.45, 2.75) is 33.5 Å². The van der Waals surface area contributed by atoms with Crippen LogP contribution in [0.2, 0.25) is 0 Å². The van der Waals surface area contributed by atoms with Crippen molar-refractivity contribution in [2.75, 3.05) is 13.2 Å². The number of nitrogens with zero attached hydrogens (tertiary/aromatic N) is 3. The number of rotatable bonds is 2. The molecule has 2 rings (SSSR count). The van der Waals surface area contributed by atoms with Crippen molar-refractivity contribution in [3.8, 4) is 11.8 Å². The summed E-state index contributed by atoms with van der Waals surface area (Å²) in [5.74, 6) is 0.199. The number of carbonyl (C=O) groups excluding carboxylic acids is 1. The average molecular weight is 291 g/mol. The molecule has 21 heavy (non-hydrogen) atoms. The third kappa shape index (κ3) is 2.82. The van der Waals surface area contributed by atoms with E-state index >= 15 is 0 Å². The maximum atomic E-state index is 13.7. The predicted molar refractivity (Wildman–Crippen MR) is 74.2 cm³/mol. The van der Waals surface area contributed by atoms with Gasteiger partial charge in [0.2, 0.25) is 5.91 Å². The monoisotopic (exact) mass is 291 g/mol. The Balaban J connectivity index is 2.30. The Labute approximate surface area is 123 Å². The Hall–Kier alpha value is -2.16. The first-order valence-electron chi connectivity index (χ1n) is 6.81. The number of aromatic nitrogens is 1. The fourth-order valence-corrected chi connectivity index (χ4v) is 2.15. The number of hydrogen-bond acceptors (Lipinski definition) is 4. The van der Waals surface area contributed by atoms with Crippen molar-refractivity contribution in [1.29, 1.82) is 5.26 Å². The number of carbonyl (C=O) groups is 1. The molecule has 0 radical (unpaired) electrons. The van der Waals surface area contributed by atoms with Gasteiger partial charge in [0.05, 0.1) is 18.5 Å². The van der Waals surface area contributed by atoms with Crippen molar-refractivity contribution in [3.63, 3.8) is 0 Å². The number of hydrogen-bond donors (Lipinski definition) is 0. The van der Waals surface area contributed by atoms with Gasteiger partial charge in [-0.2, -0.15) is 5.26 Å². The fourth-order valence-electron chi connectivity index (χ4n) is 2.15. The summed E-state index contributed by atoms with van der Waals surface area (Å²) in [6.45, 7) is 5.47. The van der Waals surface area contributed by atoms with Gasteiger partial charge < -0.3 is 9.64 Å². The first-order chi connectivity index (χ1) is 9.87. The number of amides is 1. The van der Waals surface area contributed by atoms with Gasteiger partial charge in [0.15, 0.2) is 0 Å². The molecule has 1 aromatic heterocycles. The van der Waals surface area contributed by atoms with Gasteiger partial charge in [-0.15, -0.1) is 0 Å². The standard InChI is InChI=1S/C15H18FN3O2/c1-10(16)15(2,3)14(20)19-4-5-21-13-11(6-17)7-18-8-12(13)9-19/h7-8,10H,4-5,9H2,1-3H3. The molecule has 1 aromatic rings. The number of fused-ring (bicyclic) bond motifs is 1. The highest BCUT2D eigenvalue weighted by Crippen LogP contribution is 2.30. The summed E-state index contributed by atoms with van der Waals surface area (Å²) < 4.78 is 19.2. The average Bonchev–Trinajstić information content (AvgIpc) is 2.67. The largest absolute Gasteiger partial charge is 0.490 e. The van der Waals surface area contributed by atoms with Crippen LogP contribution in [0.15, 0.2) is 12.4 Å². The lowest BCUT2D eigenvalue weighted by molar-refractivity contribution is -0.144. The fraction of sp³-hybridized carbons (Fsp3) is 0.533. The molecule has 6 heteroatoms. The minimum absolute atomic E-state index is 0.267. The summed E-state index contributed by atoms with van der Waals surface area (Å²) in [7, 11) is 0. The number of alkyl halides is 1. The molecule has 1 atom stereocenters. The van der Waals surface area contributed by atoms with Crippen LogP contribution in [0, 0.1) is 16.7 Å². The normalized spacial score (nSPS) is 16.2. The first-order valence-corrected chi connectivity index (χ1v) is 6.81. The molecule has 0 bridgehead atoms. The SMILES string of the molecule is CC(F)C(C)(C)C(=O)N1CCOc2c(C#N)cncc2C1. The first kappa shape index (κ1) is 15.2. The maximum absolute atomic E-state index is 13.7. The highest BCUT2D eigenvalue weighted by Gasteiger charge is 2.38. The quantitative estimate of drug-likeness (QED) is 0.836. The minimum atomic E-state index is -1.25. The van der Waals surface area contributed by atoms with E-state index in [1.54, 1.807) is 24.9 Å². The minimum Gasteiger partial charge on any atom is -0.490 e. The van der Waals surface area contributed by atoms with E-state index in [0.717, 1.165) is 0 Å². The van der Waals surface area contributed by atoms with Crippen LogP contribution in [-0.4, -0.2) is 35.1 Å². The Morgan fingerprint density at radius 2 is 2.29 bits per heavy atom. The van der Waals surface area contributed by atoms with Crippen molar-refractivity contribution in [3.05, 3.63) is 23.5 Å². The molecule has 1 aliphatic heterocycles. The van der Waals surface area contributed by atoms with Gasteiger partial charge in [0, 0.05) is 18.0 Å². The Morgan fingerprint density at radius 1 is 1.57 bits per heavy atom. The van der Waals surface area contributed by atoms with Gasteiger partial charge in [-0.05, 0) is 20.8 Å². The smallest absolute Gasteiger partial charge is 0.231 e. The van der Waals surface area contributed by atoms with E-state index in [-0.39, 0.29) is 19.1 Å². The molecule has 5 nitrogen and oxygen atoms in total. The van der Waals surface area contributed by atoms with Crippen LogP contribution in [-0.2, 0) is 11.3 Å². The third-order valence-corrected chi connectivity index (χ3v) is 3.89. The van der Waals surface area contributed by atoms with Crippen LogP contribution in [0.25, 0.3) is 0 Å². The number of pyridine rings is 1. The van der Waals surface area contributed by atoms with Gasteiger partial charge >= 0.3 is 0 Å². The Morgan fingerprint density at radius 3 is 2.90 bits per heavy atom. The number of halogens is 1. The lowest BCUT2D eigenvalue weighted by atomic mass is 9.86. The predicted octanol–water partition coefficient (Wildman–Crippen LogP) is 2.06. The highest BCUT2D eigenvalue weighted by atomic mass is 19.1. The van der Waals surface area contributed by atoms with Gasteiger partial charge in [-0.25, -0.2) is 4.39 Å². The molecule has 0 aromatic carbocycles. The molecule has 0 saturated heterocycles. The molecule has 1 amide bonds. The van der Waals surface area contributed by atoms with Crippen molar-refractivity contribution < 1.29 is 13.9 Å². The molecule has 0 saturated carbocycles. The van der Waals surface area contributed by atoms with Crippen LogP contribution in [0.3, 0.4) is 0 Å².